The summed E-state index contributed by atoms with van der Waals surface area (Å²) < 4.78 is 14.5. The van der Waals surface area contributed by atoms with Gasteiger partial charge in [0.2, 0.25) is 17.8 Å². The first-order valence-corrected chi connectivity index (χ1v) is 47.0. The molecule has 132 heavy (non-hydrogen) atoms. The van der Waals surface area contributed by atoms with E-state index < -0.39 is 0 Å². The van der Waals surface area contributed by atoms with Crippen molar-refractivity contribution in [1.82, 2.24) is 43.6 Å². The predicted octanol–water partition coefficient (Wildman–Crippen LogP) is 33.2. The van der Waals surface area contributed by atoms with Gasteiger partial charge in [0.1, 0.15) is 0 Å². The van der Waals surface area contributed by atoms with E-state index in [9.17, 15) is 0 Å². The van der Waals surface area contributed by atoms with Gasteiger partial charge >= 0.3 is 0 Å². The van der Waals surface area contributed by atoms with E-state index in [-0.39, 0.29) is 0 Å². The van der Waals surface area contributed by atoms with Crippen LogP contribution in [0.3, 0.4) is 0 Å². The third-order valence-corrected chi connectivity index (χ3v) is 30.3. The summed E-state index contributed by atoms with van der Waals surface area (Å²) in [6.45, 7) is 0. The zero-order chi connectivity index (χ0) is 86.3. The lowest BCUT2D eigenvalue weighted by Crippen LogP contribution is -2.03. The number of nitrogens with zero attached hydrogens (tertiary/aromatic N) is 9. The number of benzene rings is 21. The molecule has 0 unspecified atom stereocenters. The van der Waals surface area contributed by atoms with Crippen LogP contribution >= 0.6 is 34.0 Å². The summed E-state index contributed by atoms with van der Waals surface area (Å²) in [6, 6.07) is 150. The van der Waals surface area contributed by atoms with E-state index in [4.69, 9.17) is 29.9 Å². The van der Waals surface area contributed by atoms with Gasteiger partial charge in [-0.15, -0.1) is 34.0 Å². The van der Waals surface area contributed by atoms with Crippen LogP contribution in [0.1, 0.15) is 0 Å². The highest BCUT2D eigenvalue weighted by Gasteiger charge is 2.26. The summed E-state index contributed by atoms with van der Waals surface area (Å²) >= 11 is 5.56. The lowest BCUT2D eigenvalue weighted by molar-refractivity contribution is 1.01. The number of fused-ring (bicyclic) bond motifs is 27. The third kappa shape index (κ3) is 11.7. The lowest BCUT2D eigenvalue weighted by atomic mass is 9.96. The molecular weight excluding hydrogens is 1660 g/mol. The minimum Gasteiger partial charge on any atom is -0.278 e. The minimum absolute atomic E-state index is 0.681. The first-order valence-electron chi connectivity index (χ1n) is 44.5. The van der Waals surface area contributed by atoms with Crippen LogP contribution in [0.25, 0.3) is 275 Å². The topological polar surface area (TPSA) is 92.1 Å². The first-order chi connectivity index (χ1) is 65.4. The SMILES string of the molecule is c1ccc2cc3c(cc2c1)c1ccccc1n3-c1nc(-c2c3ccccc3cc3c2sc2ccccc23)c2ccccc2n1.c1ccc2cc3c(cc2c1)c1ccccc1n3-c1nc(-c2ccc3cc4c(cc3c2)sc2ccccc24)c2ccccc2n1.c1ccc2cc3c(cc2c1)c1ccccc1n3-c1nc(-c2cccc3cc4c(cc23)sc2ccccc24)c2ccccc2n1. The van der Waals surface area contributed by atoms with Gasteiger partial charge in [0.05, 0.1) is 66.7 Å². The third-order valence-electron chi connectivity index (χ3n) is 26.9. The normalized spacial score (nSPS) is 12.1. The molecule has 30 aromatic rings. The van der Waals surface area contributed by atoms with Gasteiger partial charge < -0.3 is 0 Å². The Morgan fingerprint density at radius 1 is 0.167 bits per heavy atom. The number of thiophene rings is 3. The standard InChI is InChI=1S/3C40H23N3S/c1-2-11-25-22-36-32(20-24(25)10-1)27-13-4-7-18-35(27)43(36)40-41-34-17-6-3-15-30(34)39(42-40)29-16-9-12-26-21-33-28-14-5-8-19-37(28)44-38(33)23-31(26)29;1-2-10-25-22-36-32(20-24(25)9-1)29-11-4-7-15-35(29)43(36)40-41-34-14-6-3-13-31(34)39(42-40)27-18-17-26-21-33-30-12-5-8-16-37(30)44-38(33)23-28(26)19-27;1-2-12-25-23-35-31(21-24(25)11-1)28-15-6-9-19-34(28)43(35)40-41-33-18-8-5-17-30(33)38(42-40)37-27-14-4-3-13-26(27)22-32-29-16-7-10-20-36(29)44-39(32)37/h3*1-23H. The Kier molecular flexibility index (Phi) is 16.6. The molecule has 21 aromatic carbocycles. The summed E-state index contributed by atoms with van der Waals surface area (Å²) in [6.07, 6.45) is 0. The summed E-state index contributed by atoms with van der Waals surface area (Å²) in [5.74, 6) is 2.04. The number of hydrogen-bond donors (Lipinski definition) is 0. The molecule has 0 saturated heterocycles. The quantitative estimate of drug-likeness (QED) is 0.165. The van der Waals surface area contributed by atoms with E-state index >= 15 is 0 Å². The van der Waals surface area contributed by atoms with Crippen LogP contribution in [0.2, 0.25) is 0 Å². The molecule has 0 N–H and O–H groups in total. The van der Waals surface area contributed by atoms with Crippen LogP contribution in [0.5, 0.6) is 0 Å². The van der Waals surface area contributed by atoms with E-state index in [1.165, 1.54) is 163 Å². The molecule has 0 amide bonds. The highest BCUT2D eigenvalue weighted by Crippen LogP contribution is 2.49. The summed E-state index contributed by atoms with van der Waals surface area (Å²) in [4.78, 5) is 31.9. The Balaban J connectivity index is 0.0000000991. The van der Waals surface area contributed by atoms with Gasteiger partial charge in [0, 0.05) is 126 Å². The average molecular weight is 1730 g/mol. The van der Waals surface area contributed by atoms with Gasteiger partial charge in [-0.2, -0.15) is 0 Å². The maximum atomic E-state index is 5.52. The van der Waals surface area contributed by atoms with Crippen LogP contribution in [0.15, 0.2) is 419 Å². The Morgan fingerprint density at radius 3 is 1.00 bits per heavy atom. The maximum Gasteiger partial charge on any atom is 0.235 e. The van der Waals surface area contributed by atoms with Crippen molar-refractivity contribution in [2.45, 2.75) is 0 Å². The molecule has 0 aliphatic heterocycles. The molecule has 0 aliphatic rings. The van der Waals surface area contributed by atoms with E-state index in [0.717, 1.165) is 94.0 Å². The monoisotopic (exact) mass is 1730 g/mol. The molecule has 0 saturated carbocycles. The van der Waals surface area contributed by atoms with Crippen molar-refractivity contribution in [3.05, 3.63) is 419 Å². The Hall–Kier alpha value is -16.7. The maximum absolute atomic E-state index is 5.52. The van der Waals surface area contributed by atoms with Crippen molar-refractivity contribution in [2.24, 2.45) is 0 Å². The molecule has 0 aliphatic carbocycles. The van der Waals surface area contributed by atoms with E-state index in [2.05, 4.69) is 432 Å². The highest BCUT2D eigenvalue weighted by atomic mass is 32.1. The van der Waals surface area contributed by atoms with E-state index in [1.807, 2.05) is 34.0 Å². The number of rotatable bonds is 6. The molecule has 0 fully saturated rings. The summed E-state index contributed by atoms with van der Waals surface area (Å²) in [7, 11) is 0. The fraction of sp³-hybridized carbons (Fsp3) is 0. The molecule has 9 heterocycles. The number of aromatic nitrogens is 9. The van der Waals surface area contributed by atoms with Gasteiger partial charge in [-0.05, 0) is 192 Å². The predicted molar refractivity (Wildman–Crippen MR) is 562 cm³/mol. The molecule has 9 nitrogen and oxygen atoms in total. The Labute approximate surface area is 765 Å². The largest absolute Gasteiger partial charge is 0.278 e. The van der Waals surface area contributed by atoms with Crippen molar-refractivity contribution in [3.63, 3.8) is 0 Å². The van der Waals surface area contributed by atoms with Crippen LogP contribution in [0, 0.1) is 0 Å². The van der Waals surface area contributed by atoms with E-state index in [0.29, 0.717) is 17.8 Å². The Morgan fingerprint density at radius 2 is 0.500 bits per heavy atom. The summed E-state index contributed by atoms with van der Waals surface area (Å²) in [5.41, 5.74) is 15.6. The molecule has 0 bridgehead atoms. The van der Waals surface area contributed by atoms with Crippen LogP contribution in [-0.4, -0.2) is 43.6 Å². The average Bonchev–Trinajstić information content (AvgIpc) is 1.54. The second-order valence-electron chi connectivity index (χ2n) is 34.3. The zero-order valence-corrected chi connectivity index (χ0v) is 73.0. The molecule has 12 heteroatoms. The fourth-order valence-corrected chi connectivity index (χ4v) is 24.3. The molecule has 30 rings (SSSR count). The second-order valence-corrected chi connectivity index (χ2v) is 37.5. The molecule has 612 valence electrons. The molecule has 0 radical (unpaired) electrons. The van der Waals surface area contributed by atoms with Crippen molar-refractivity contribution < 1.29 is 0 Å². The van der Waals surface area contributed by atoms with Gasteiger partial charge in [0.15, 0.2) is 0 Å². The van der Waals surface area contributed by atoms with E-state index in [1.54, 1.807) is 0 Å². The van der Waals surface area contributed by atoms with Gasteiger partial charge in [-0.25, -0.2) is 29.9 Å². The summed E-state index contributed by atoms with van der Waals surface area (Å²) in [5, 5.41) is 32.7. The number of para-hydroxylation sites is 6. The number of hydrogen-bond acceptors (Lipinski definition) is 9. The van der Waals surface area contributed by atoms with Gasteiger partial charge in [-0.1, -0.05) is 291 Å². The van der Waals surface area contributed by atoms with Crippen molar-refractivity contribution in [2.75, 3.05) is 0 Å². The van der Waals surface area contributed by atoms with Crippen molar-refractivity contribution in [3.8, 4) is 51.6 Å². The fourth-order valence-electron chi connectivity index (χ4n) is 20.8. The lowest BCUT2D eigenvalue weighted by Gasteiger charge is -2.14. The first kappa shape index (κ1) is 74.4. The Bertz CT molecular complexity index is 10200. The molecule has 0 spiro atoms. The van der Waals surface area contributed by atoms with Crippen LogP contribution in [0.4, 0.5) is 0 Å². The highest BCUT2D eigenvalue weighted by molar-refractivity contribution is 7.27. The van der Waals surface area contributed by atoms with Gasteiger partial charge in [0.25, 0.3) is 0 Å². The van der Waals surface area contributed by atoms with Crippen molar-refractivity contribution >= 4 is 257 Å². The van der Waals surface area contributed by atoms with Crippen LogP contribution in [-0.2, 0) is 0 Å². The zero-order valence-electron chi connectivity index (χ0n) is 70.6. The van der Waals surface area contributed by atoms with Crippen molar-refractivity contribution in [1.29, 1.82) is 0 Å². The molecular formula is C120H69N9S3. The van der Waals surface area contributed by atoms with Gasteiger partial charge in [-0.3, -0.25) is 13.7 Å². The molecule has 9 aromatic heterocycles. The smallest absolute Gasteiger partial charge is 0.235 e. The molecule has 0 atom stereocenters. The van der Waals surface area contributed by atoms with Crippen LogP contribution < -0.4 is 0 Å². The second kappa shape index (κ2) is 29.4. The minimum atomic E-state index is 0.681.